The SMILES string of the molecule is COc1ccc2c(c1)C(O)(CCc1ccccc1)CC2. The predicted octanol–water partition coefficient (Wildman–Crippen LogP) is 3.46. The number of aliphatic hydroxyl groups is 1. The quantitative estimate of drug-likeness (QED) is 0.920. The van der Waals surface area contributed by atoms with E-state index in [9.17, 15) is 5.11 Å². The maximum atomic E-state index is 11.0. The topological polar surface area (TPSA) is 29.5 Å². The molecule has 0 heterocycles. The monoisotopic (exact) mass is 268 g/mol. The molecule has 3 rings (SSSR count). The van der Waals surface area contributed by atoms with Crippen molar-refractivity contribution in [1.82, 2.24) is 0 Å². The summed E-state index contributed by atoms with van der Waals surface area (Å²) >= 11 is 0. The highest BCUT2D eigenvalue weighted by Crippen LogP contribution is 2.41. The number of aryl methyl sites for hydroxylation is 2. The molecule has 1 unspecified atom stereocenters. The number of methoxy groups -OCH3 is 1. The number of fused-ring (bicyclic) bond motifs is 1. The molecule has 1 aliphatic carbocycles. The number of ether oxygens (including phenoxy) is 1. The lowest BCUT2D eigenvalue weighted by atomic mass is 9.89. The molecule has 1 N–H and O–H groups in total. The summed E-state index contributed by atoms with van der Waals surface area (Å²) in [5.41, 5.74) is 2.87. The van der Waals surface area contributed by atoms with E-state index < -0.39 is 5.60 Å². The summed E-state index contributed by atoms with van der Waals surface area (Å²) < 4.78 is 5.28. The van der Waals surface area contributed by atoms with Crippen LogP contribution in [0.4, 0.5) is 0 Å². The van der Waals surface area contributed by atoms with Gasteiger partial charge in [0.05, 0.1) is 12.7 Å². The zero-order valence-electron chi connectivity index (χ0n) is 11.8. The molecular formula is C18H20O2. The van der Waals surface area contributed by atoms with Crippen molar-refractivity contribution in [3.63, 3.8) is 0 Å². The minimum atomic E-state index is -0.709. The second-order valence-corrected chi connectivity index (χ2v) is 5.54. The van der Waals surface area contributed by atoms with Crippen LogP contribution >= 0.6 is 0 Å². The van der Waals surface area contributed by atoms with Gasteiger partial charge in [0.15, 0.2) is 0 Å². The summed E-state index contributed by atoms with van der Waals surface area (Å²) in [7, 11) is 1.67. The summed E-state index contributed by atoms with van der Waals surface area (Å²) in [6, 6.07) is 16.4. The van der Waals surface area contributed by atoms with Gasteiger partial charge in [0, 0.05) is 0 Å². The third-order valence-electron chi connectivity index (χ3n) is 4.30. The van der Waals surface area contributed by atoms with E-state index in [2.05, 4.69) is 18.2 Å². The summed E-state index contributed by atoms with van der Waals surface area (Å²) in [5.74, 6) is 0.823. The number of benzene rings is 2. The fourth-order valence-electron chi connectivity index (χ4n) is 3.07. The summed E-state index contributed by atoms with van der Waals surface area (Å²) in [6.45, 7) is 0. The largest absolute Gasteiger partial charge is 0.497 e. The highest BCUT2D eigenvalue weighted by atomic mass is 16.5. The van der Waals surface area contributed by atoms with E-state index in [1.165, 1.54) is 11.1 Å². The Kier molecular flexibility index (Phi) is 3.49. The normalized spacial score (nSPS) is 20.7. The lowest BCUT2D eigenvalue weighted by Crippen LogP contribution is -2.23. The highest BCUT2D eigenvalue weighted by molar-refractivity contribution is 5.43. The van der Waals surface area contributed by atoms with Crippen LogP contribution in [0.15, 0.2) is 48.5 Å². The van der Waals surface area contributed by atoms with E-state index in [1.54, 1.807) is 7.11 Å². The minimum absolute atomic E-state index is 0.709. The first-order valence-corrected chi connectivity index (χ1v) is 7.15. The Labute approximate surface area is 120 Å². The Bertz CT molecular complexity index is 592. The van der Waals surface area contributed by atoms with Crippen LogP contribution in [-0.2, 0) is 18.4 Å². The molecule has 104 valence electrons. The van der Waals surface area contributed by atoms with Crippen LogP contribution in [0, 0.1) is 0 Å². The van der Waals surface area contributed by atoms with Crippen molar-refractivity contribution in [2.45, 2.75) is 31.3 Å². The molecule has 2 aromatic carbocycles. The van der Waals surface area contributed by atoms with Crippen molar-refractivity contribution >= 4 is 0 Å². The Morgan fingerprint density at radius 2 is 1.95 bits per heavy atom. The van der Waals surface area contributed by atoms with Gasteiger partial charge in [-0.25, -0.2) is 0 Å². The van der Waals surface area contributed by atoms with Crippen LogP contribution in [0.3, 0.4) is 0 Å². The van der Waals surface area contributed by atoms with Gasteiger partial charge in [0.2, 0.25) is 0 Å². The van der Waals surface area contributed by atoms with Crippen LogP contribution in [-0.4, -0.2) is 12.2 Å². The molecular weight excluding hydrogens is 248 g/mol. The fourth-order valence-corrected chi connectivity index (χ4v) is 3.07. The number of rotatable bonds is 4. The lowest BCUT2D eigenvalue weighted by molar-refractivity contribution is 0.0296. The average Bonchev–Trinajstić information content (AvgIpc) is 2.84. The van der Waals surface area contributed by atoms with E-state index >= 15 is 0 Å². The van der Waals surface area contributed by atoms with Gasteiger partial charge in [-0.05, 0) is 54.5 Å². The van der Waals surface area contributed by atoms with Crippen molar-refractivity contribution < 1.29 is 9.84 Å². The first-order chi connectivity index (χ1) is 9.71. The van der Waals surface area contributed by atoms with E-state index in [0.29, 0.717) is 0 Å². The smallest absolute Gasteiger partial charge is 0.119 e. The van der Waals surface area contributed by atoms with Crippen molar-refractivity contribution in [2.24, 2.45) is 0 Å². The number of hydrogen-bond donors (Lipinski definition) is 1. The molecule has 0 aliphatic heterocycles. The van der Waals surface area contributed by atoms with E-state index in [0.717, 1.165) is 37.0 Å². The van der Waals surface area contributed by atoms with Crippen molar-refractivity contribution in [1.29, 1.82) is 0 Å². The molecule has 0 fully saturated rings. The molecule has 1 atom stereocenters. The molecule has 0 saturated heterocycles. The van der Waals surface area contributed by atoms with E-state index in [1.807, 2.05) is 30.3 Å². The van der Waals surface area contributed by atoms with Gasteiger partial charge < -0.3 is 9.84 Å². The van der Waals surface area contributed by atoms with Crippen molar-refractivity contribution in [3.05, 3.63) is 65.2 Å². The standard InChI is InChI=1S/C18H20O2/c1-20-16-8-7-15-10-12-18(19,17(15)13-16)11-9-14-5-3-2-4-6-14/h2-8,13,19H,9-12H2,1H3. The molecule has 2 nitrogen and oxygen atoms in total. The fraction of sp³-hybridized carbons (Fsp3) is 0.333. The summed E-state index contributed by atoms with van der Waals surface area (Å²) in [4.78, 5) is 0. The molecule has 2 aromatic rings. The third kappa shape index (κ3) is 2.44. The van der Waals surface area contributed by atoms with Gasteiger partial charge in [0.1, 0.15) is 5.75 Å². The lowest BCUT2D eigenvalue weighted by Gasteiger charge is -2.24. The van der Waals surface area contributed by atoms with Crippen LogP contribution in [0.5, 0.6) is 5.75 Å². The molecule has 2 heteroatoms. The maximum Gasteiger partial charge on any atom is 0.119 e. The second-order valence-electron chi connectivity index (χ2n) is 5.54. The Balaban J connectivity index is 1.81. The maximum absolute atomic E-state index is 11.0. The third-order valence-corrected chi connectivity index (χ3v) is 4.30. The molecule has 0 spiro atoms. The van der Waals surface area contributed by atoms with Crippen LogP contribution in [0.1, 0.15) is 29.5 Å². The summed E-state index contributed by atoms with van der Waals surface area (Å²) in [6.07, 6.45) is 3.41. The predicted molar refractivity (Wildman–Crippen MR) is 80.0 cm³/mol. The molecule has 0 aromatic heterocycles. The van der Waals surface area contributed by atoms with E-state index in [4.69, 9.17) is 4.74 Å². The van der Waals surface area contributed by atoms with Crippen LogP contribution < -0.4 is 4.74 Å². The molecule has 0 amide bonds. The van der Waals surface area contributed by atoms with Gasteiger partial charge in [-0.15, -0.1) is 0 Å². The highest BCUT2D eigenvalue weighted by Gasteiger charge is 2.36. The molecule has 0 bridgehead atoms. The molecule has 0 saturated carbocycles. The summed E-state index contributed by atoms with van der Waals surface area (Å²) in [5, 5.41) is 11.0. The second kappa shape index (κ2) is 5.29. The van der Waals surface area contributed by atoms with E-state index in [-0.39, 0.29) is 0 Å². The van der Waals surface area contributed by atoms with Gasteiger partial charge in [0.25, 0.3) is 0 Å². The zero-order chi connectivity index (χ0) is 14.0. The van der Waals surface area contributed by atoms with Crippen molar-refractivity contribution in [2.75, 3.05) is 7.11 Å². The average molecular weight is 268 g/mol. The Morgan fingerprint density at radius 1 is 1.15 bits per heavy atom. The van der Waals surface area contributed by atoms with Gasteiger partial charge in [-0.2, -0.15) is 0 Å². The molecule has 1 aliphatic rings. The Morgan fingerprint density at radius 3 is 2.70 bits per heavy atom. The van der Waals surface area contributed by atoms with Gasteiger partial charge in [-0.1, -0.05) is 36.4 Å². The first-order valence-electron chi connectivity index (χ1n) is 7.15. The number of hydrogen-bond acceptors (Lipinski definition) is 2. The Hall–Kier alpha value is -1.80. The van der Waals surface area contributed by atoms with Gasteiger partial charge in [-0.3, -0.25) is 0 Å². The van der Waals surface area contributed by atoms with Crippen molar-refractivity contribution in [3.8, 4) is 5.75 Å². The zero-order valence-corrected chi connectivity index (χ0v) is 11.8. The van der Waals surface area contributed by atoms with Crippen LogP contribution in [0.2, 0.25) is 0 Å². The van der Waals surface area contributed by atoms with Gasteiger partial charge >= 0.3 is 0 Å². The van der Waals surface area contributed by atoms with Crippen LogP contribution in [0.25, 0.3) is 0 Å². The first kappa shape index (κ1) is 13.2. The molecule has 20 heavy (non-hydrogen) atoms. The minimum Gasteiger partial charge on any atom is -0.497 e. The molecule has 0 radical (unpaired) electrons.